The first-order valence-electron chi connectivity index (χ1n) is 6.72. The van der Waals surface area contributed by atoms with E-state index in [2.05, 4.69) is 5.10 Å². The van der Waals surface area contributed by atoms with Crippen molar-refractivity contribution in [1.29, 1.82) is 0 Å². The molecular weight excluding hydrogens is 244 g/mol. The largest absolute Gasteiger partial charge is 0.395 e. The predicted octanol–water partition coefficient (Wildman–Crippen LogP) is 0.816. The number of hydrogen-bond donors (Lipinski definition) is 1. The van der Waals surface area contributed by atoms with Crippen molar-refractivity contribution < 1.29 is 9.53 Å². The minimum Gasteiger partial charge on any atom is -0.395 e. The molecule has 0 spiro atoms. The molecule has 1 aromatic rings. The van der Waals surface area contributed by atoms with Gasteiger partial charge in [-0.15, -0.1) is 0 Å². The van der Waals surface area contributed by atoms with E-state index < -0.39 is 0 Å². The molecule has 2 heterocycles. The van der Waals surface area contributed by atoms with E-state index in [0.717, 1.165) is 25.0 Å². The number of carbonyl (C=O) groups excluding carboxylic acids is 1. The lowest BCUT2D eigenvalue weighted by molar-refractivity contribution is 0.0357. The summed E-state index contributed by atoms with van der Waals surface area (Å²) in [6.07, 6.45) is 2.48. The van der Waals surface area contributed by atoms with Crippen LogP contribution in [0.5, 0.6) is 0 Å². The first-order valence-corrected chi connectivity index (χ1v) is 6.72. The van der Waals surface area contributed by atoms with Gasteiger partial charge in [0, 0.05) is 33.4 Å². The van der Waals surface area contributed by atoms with Gasteiger partial charge in [-0.2, -0.15) is 5.10 Å². The van der Waals surface area contributed by atoms with Crippen LogP contribution in [0.1, 0.15) is 35.9 Å². The fraction of sp³-hybridized carbons (Fsp3) is 0.692. The van der Waals surface area contributed by atoms with Crippen molar-refractivity contribution in [2.75, 3.05) is 26.0 Å². The molecule has 6 heteroatoms. The number of aryl methyl sites for hydroxylation is 2. The number of anilines is 1. The molecule has 1 amide bonds. The second kappa shape index (κ2) is 5.61. The van der Waals surface area contributed by atoms with E-state index in [4.69, 9.17) is 10.5 Å². The molecule has 0 saturated carbocycles. The number of nitrogen functional groups attached to an aromatic ring is 1. The van der Waals surface area contributed by atoms with Crippen LogP contribution in [0.25, 0.3) is 0 Å². The normalized spacial score (nSPS) is 16.6. The highest BCUT2D eigenvalue weighted by Gasteiger charge is 2.27. The molecule has 1 fully saturated rings. The van der Waals surface area contributed by atoms with E-state index in [0.29, 0.717) is 24.6 Å². The number of carbonyl (C=O) groups is 1. The first-order chi connectivity index (χ1) is 9.06. The van der Waals surface area contributed by atoms with Gasteiger partial charge in [-0.3, -0.25) is 9.48 Å². The minimum absolute atomic E-state index is 0.0564. The zero-order chi connectivity index (χ0) is 14.0. The maximum atomic E-state index is 12.6. The van der Waals surface area contributed by atoms with Gasteiger partial charge in [0.1, 0.15) is 5.69 Å². The van der Waals surface area contributed by atoms with Gasteiger partial charge < -0.3 is 15.4 Å². The van der Waals surface area contributed by atoms with Gasteiger partial charge in [-0.1, -0.05) is 6.92 Å². The molecule has 2 N–H and O–H groups in total. The van der Waals surface area contributed by atoms with Crippen molar-refractivity contribution in [3.05, 3.63) is 11.4 Å². The van der Waals surface area contributed by atoms with Crippen LogP contribution < -0.4 is 5.73 Å². The Morgan fingerprint density at radius 1 is 1.53 bits per heavy atom. The number of amides is 1. The Morgan fingerprint density at radius 2 is 2.16 bits per heavy atom. The Kier molecular flexibility index (Phi) is 4.09. The number of nitrogens with zero attached hydrogens (tertiary/aromatic N) is 3. The molecule has 0 bridgehead atoms. The van der Waals surface area contributed by atoms with Crippen molar-refractivity contribution in [1.82, 2.24) is 14.7 Å². The smallest absolute Gasteiger partial charge is 0.274 e. The van der Waals surface area contributed by atoms with Crippen molar-refractivity contribution in [3.63, 3.8) is 0 Å². The summed E-state index contributed by atoms with van der Waals surface area (Å²) in [5.41, 5.74) is 7.81. The van der Waals surface area contributed by atoms with E-state index in [1.165, 1.54) is 0 Å². The number of hydrogen-bond acceptors (Lipinski definition) is 4. The van der Waals surface area contributed by atoms with Gasteiger partial charge in [0.2, 0.25) is 0 Å². The predicted molar refractivity (Wildman–Crippen MR) is 72.9 cm³/mol. The number of nitrogens with two attached hydrogens (primary N) is 1. The summed E-state index contributed by atoms with van der Waals surface area (Å²) in [6, 6.07) is 0.223. The molecule has 6 nitrogen and oxygen atoms in total. The van der Waals surface area contributed by atoms with Crippen LogP contribution in [0.15, 0.2) is 0 Å². The standard InChI is InChI=1S/C13H22N4O2/c1-4-10-11(14)12(17(3)15-10)13(18)16(2)9-5-7-19-8-6-9/h9H,4-8,14H2,1-3H3. The molecule has 106 valence electrons. The van der Waals surface area contributed by atoms with Crippen LogP contribution in [0.2, 0.25) is 0 Å². The highest BCUT2D eigenvalue weighted by molar-refractivity contribution is 5.98. The molecule has 0 atom stereocenters. The van der Waals surface area contributed by atoms with E-state index in [-0.39, 0.29) is 11.9 Å². The van der Waals surface area contributed by atoms with Gasteiger partial charge >= 0.3 is 0 Å². The van der Waals surface area contributed by atoms with Crippen LogP contribution in [-0.4, -0.2) is 46.9 Å². The number of ether oxygens (including phenoxy) is 1. The zero-order valence-corrected chi connectivity index (χ0v) is 11.8. The molecule has 1 saturated heterocycles. The lowest BCUT2D eigenvalue weighted by Crippen LogP contribution is -2.41. The van der Waals surface area contributed by atoms with Gasteiger partial charge in [0.25, 0.3) is 5.91 Å². The van der Waals surface area contributed by atoms with Crippen molar-refractivity contribution in [2.24, 2.45) is 7.05 Å². The molecule has 1 aliphatic heterocycles. The highest BCUT2D eigenvalue weighted by Crippen LogP contribution is 2.21. The Bertz CT molecular complexity index is 463. The SMILES string of the molecule is CCc1nn(C)c(C(=O)N(C)C2CCOCC2)c1N. The summed E-state index contributed by atoms with van der Waals surface area (Å²) in [7, 11) is 3.59. The second-order valence-corrected chi connectivity index (χ2v) is 4.95. The zero-order valence-electron chi connectivity index (χ0n) is 11.8. The summed E-state index contributed by atoms with van der Waals surface area (Å²) in [6.45, 7) is 3.40. The van der Waals surface area contributed by atoms with Gasteiger partial charge in [-0.05, 0) is 19.3 Å². The summed E-state index contributed by atoms with van der Waals surface area (Å²) < 4.78 is 6.91. The van der Waals surface area contributed by atoms with Crippen molar-refractivity contribution in [2.45, 2.75) is 32.2 Å². The van der Waals surface area contributed by atoms with E-state index >= 15 is 0 Å². The Balaban J connectivity index is 2.21. The molecular formula is C13H22N4O2. The average molecular weight is 266 g/mol. The van der Waals surface area contributed by atoms with Gasteiger partial charge in [0.05, 0.1) is 11.4 Å². The highest BCUT2D eigenvalue weighted by atomic mass is 16.5. The average Bonchev–Trinajstić information content (AvgIpc) is 2.72. The molecule has 0 aliphatic carbocycles. The lowest BCUT2D eigenvalue weighted by atomic mass is 10.1. The van der Waals surface area contributed by atoms with Crippen molar-refractivity contribution >= 4 is 11.6 Å². The molecule has 19 heavy (non-hydrogen) atoms. The summed E-state index contributed by atoms with van der Waals surface area (Å²) in [4.78, 5) is 14.3. The van der Waals surface area contributed by atoms with Crippen LogP contribution in [0, 0.1) is 0 Å². The summed E-state index contributed by atoms with van der Waals surface area (Å²) >= 11 is 0. The fourth-order valence-electron chi connectivity index (χ4n) is 2.52. The molecule has 0 aromatic carbocycles. The maximum Gasteiger partial charge on any atom is 0.274 e. The fourth-order valence-corrected chi connectivity index (χ4v) is 2.52. The van der Waals surface area contributed by atoms with Crippen LogP contribution >= 0.6 is 0 Å². The first kappa shape index (κ1) is 13.9. The minimum atomic E-state index is -0.0564. The van der Waals surface area contributed by atoms with E-state index in [1.807, 2.05) is 14.0 Å². The quantitative estimate of drug-likeness (QED) is 0.879. The van der Waals surface area contributed by atoms with Gasteiger partial charge in [0.15, 0.2) is 0 Å². The third-order valence-electron chi connectivity index (χ3n) is 3.76. The lowest BCUT2D eigenvalue weighted by Gasteiger charge is -2.31. The number of aromatic nitrogens is 2. The second-order valence-electron chi connectivity index (χ2n) is 4.95. The topological polar surface area (TPSA) is 73.4 Å². The Morgan fingerprint density at radius 3 is 2.68 bits per heavy atom. The van der Waals surface area contributed by atoms with E-state index in [9.17, 15) is 4.79 Å². The third kappa shape index (κ3) is 2.58. The molecule has 2 rings (SSSR count). The maximum absolute atomic E-state index is 12.6. The molecule has 0 unspecified atom stereocenters. The van der Waals surface area contributed by atoms with Crippen LogP contribution in [0.3, 0.4) is 0 Å². The Hall–Kier alpha value is -1.56. The molecule has 1 aliphatic rings. The van der Waals surface area contributed by atoms with Crippen molar-refractivity contribution in [3.8, 4) is 0 Å². The number of rotatable bonds is 3. The van der Waals surface area contributed by atoms with Gasteiger partial charge in [-0.25, -0.2) is 0 Å². The molecule has 1 aromatic heterocycles. The van der Waals surface area contributed by atoms with E-state index in [1.54, 1.807) is 16.6 Å². The Labute approximate surface area is 113 Å². The molecule has 0 radical (unpaired) electrons. The summed E-state index contributed by atoms with van der Waals surface area (Å²) in [5, 5.41) is 4.30. The summed E-state index contributed by atoms with van der Waals surface area (Å²) in [5.74, 6) is -0.0564. The monoisotopic (exact) mass is 266 g/mol. The van der Waals surface area contributed by atoms with Crippen LogP contribution in [0.4, 0.5) is 5.69 Å². The van der Waals surface area contributed by atoms with Crippen LogP contribution in [-0.2, 0) is 18.2 Å². The third-order valence-corrected chi connectivity index (χ3v) is 3.76.